The third-order valence-corrected chi connectivity index (χ3v) is 5.53. The van der Waals surface area contributed by atoms with Gasteiger partial charge < -0.3 is 25.6 Å². The average Bonchev–Trinajstić information content (AvgIpc) is 2.82. The number of anilines is 5. The molecular formula is C23H23ClN6O. The Morgan fingerprint density at radius 3 is 2.61 bits per heavy atom. The summed E-state index contributed by atoms with van der Waals surface area (Å²) in [6.07, 6.45) is 5.61. The maximum Gasteiger partial charge on any atom is 0.138 e. The van der Waals surface area contributed by atoms with Crippen LogP contribution >= 0.6 is 11.6 Å². The Morgan fingerprint density at radius 1 is 1.00 bits per heavy atom. The lowest BCUT2D eigenvalue weighted by Gasteiger charge is -2.29. The van der Waals surface area contributed by atoms with Crippen molar-refractivity contribution in [2.75, 3.05) is 41.8 Å². The zero-order chi connectivity index (χ0) is 21.0. The van der Waals surface area contributed by atoms with Gasteiger partial charge in [0.15, 0.2) is 0 Å². The Kier molecular flexibility index (Phi) is 5.60. The van der Waals surface area contributed by atoms with Crippen molar-refractivity contribution in [2.45, 2.75) is 6.54 Å². The molecule has 0 atom stereocenters. The lowest BCUT2D eigenvalue weighted by atomic mass is 10.1. The topological polar surface area (TPSA) is 74.3 Å². The molecule has 4 heterocycles. The Morgan fingerprint density at radius 2 is 1.84 bits per heavy atom. The molecule has 1 aromatic carbocycles. The number of fused-ring (bicyclic) bond motifs is 1. The summed E-state index contributed by atoms with van der Waals surface area (Å²) in [7, 11) is 0. The van der Waals surface area contributed by atoms with Crippen LogP contribution in [-0.4, -0.2) is 36.3 Å². The van der Waals surface area contributed by atoms with E-state index in [0.29, 0.717) is 23.2 Å². The predicted octanol–water partition coefficient (Wildman–Crippen LogP) is 4.53. The van der Waals surface area contributed by atoms with Crippen LogP contribution in [0.2, 0.25) is 5.02 Å². The second-order valence-corrected chi connectivity index (χ2v) is 7.83. The van der Waals surface area contributed by atoms with E-state index in [-0.39, 0.29) is 0 Å². The third-order valence-electron chi connectivity index (χ3n) is 5.31. The number of morpholine rings is 1. The summed E-state index contributed by atoms with van der Waals surface area (Å²) in [6, 6.07) is 14.1. The van der Waals surface area contributed by atoms with Crippen molar-refractivity contribution in [1.82, 2.24) is 15.3 Å². The highest BCUT2D eigenvalue weighted by Gasteiger charge is 2.15. The minimum absolute atomic E-state index is 0.598. The highest BCUT2D eigenvalue weighted by molar-refractivity contribution is 6.30. The number of aromatic nitrogens is 2. The van der Waals surface area contributed by atoms with Gasteiger partial charge in [0.25, 0.3) is 0 Å². The minimum atomic E-state index is 0.598. The largest absolute Gasteiger partial charge is 0.387 e. The molecule has 8 heteroatoms. The standard InChI is InChI=1S/C23H23ClN6O/c24-17-1-6-21(26-14-17)28-22-13-16-7-8-25-15-20(16)23(29-22)27-18-2-4-19(5-3-18)30-9-11-31-12-10-30/h1-8,13-14,25H,9-12,15H2,(H2,26,27,28,29). The van der Waals surface area contributed by atoms with Crippen molar-refractivity contribution < 1.29 is 4.74 Å². The fourth-order valence-electron chi connectivity index (χ4n) is 3.70. The zero-order valence-corrected chi connectivity index (χ0v) is 17.7. The Hall–Kier alpha value is -3.29. The van der Waals surface area contributed by atoms with Gasteiger partial charge in [-0.05, 0) is 60.3 Å². The fourth-order valence-corrected chi connectivity index (χ4v) is 3.81. The molecule has 3 aromatic rings. The normalized spacial score (nSPS) is 15.2. The summed E-state index contributed by atoms with van der Waals surface area (Å²) >= 11 is 5.94. The van der Waals surface area contributed by atoms with Crippen molar-refractivity contribution in [3.05, 3.63) is 71.0 Å². The molecule has 1 fully saturated rings. The van der Waals surface area contributed by atoms with Crippen LogP contribution in [0.1, 0.15) is 11.1 Å². The SMILES string of the molecule is Clc1ccc(Nc2cc3c(c(Nc4ccc(N5CCOCC5)cc4)n2)CNC=C3)nc1. The first-order chi connectivity index (χ1) is 15.2. The first kappa shape index (κ1) is 19.7. The summed E-state index contributed by atoms with van der Waals surface area (Å²) < 4.78 is 5.45. The number of halogens is 1. The lowest BCUT2D eigenvalue weighted by Crippen LogP contribution is -2.36. The molecule has 0 radical (unpaired) electrons. The molecule has 0 unspecified atom stereocenters. The molecular weight excluding hydrogens is 412 g/mol. The summed E-state index contributed by atoms with van der Waals surface area (Å²) in [6.45, 7) is 4.11. The zero-order valence-electron chi connectivity index (χ0n) is 16.9. The van der Waals surface area contributed by atoms with Crippen LogP contribution < -0.4 is 20.9 Å². The van der Waals surface area contributed by atoms with E-state index in [2.05, 4.69) is 50.1 Å². The second-order valence-electron chi connectivity index (χ2n) is 7.40. The molecule has 0 bridgehead atoms. The number of nitrogens with one attached hydrogen (secondary N) is 3. The highest BCUT2D eigenvalue weighted by atomic mass is 35.5. The predicted molar refractivity (Wildman–Crippen MR) is 125 cm³/mol. The van der Waals surface area contributed by atoms with Gasteiger partial charge in [-0.15, -0.1) is 0 Å². The molecule has 0 saturated carbocycles. The van der Waals surface area contributed by atoms with Crippen LogP contribution in [0, 0.1) is 0 Å². The van der Waals surface area contributed by atoms with Gasteiger partial charge in [0.1, 0.15) is 17.5 Å². The van der Waals surface area contributed by atoms with E-state index in [9.17, 15) is 0 Å². The first-order valence-corrected chi connectivity index (χ1v) is 10.6. The third kappa shape index (κ3) is 4.57. The van der Waals surface area contributed by atoms with Gasteiger partial charge >= 0.3 is 0 Å². The smallest absolute Gasteiger partial charge is 0.138 e. The molecule has 2 aromatic heterocycles. The molecule has 1 saturated heterocycles. The number of benzene rings is 1. The van der Waals surface area contributed by atoms with Crippen LogP contribution in [0.25, 0.3) is 6.08 Å². The van der Waals surface area contributed by atoms with Gasteiger partial charge in [0, 0.05) is 42.8 Å². The molecule has 5 rings (SSSR count). The number of ether oxygens (including phenoxy) is 1. The van der Waals surface area contributed by atoms with Gasteiger partial charge in [0.05, 0.1) is 18.2 Å². The lowest BCUT2D eigenvalue weighted by molar-refractivity contribution is 0.122. The average molecular weight is 435 g/mol. The van der Waals surface area contributed by atoms with E-state index in [1.165, 1.54) is 5.69 Å². The van der Waals surface area contributed by atoms with E-state index >= 15 is 0 Å². The van der Waals surface area contributed by atoms with Crippen LogP contribution in [-0.2, 0) is 11.3 Å². The van der Waals surface area contributed by atoms with Crippen molar-refractivity contribution in [2.24, 2.45) is 0 Å². The van der Waals surface area contributed by atoms with Crippen LogP contribution in [0.15, 0.2) is 54.9 Å². The summed E-state index contributed by atoms with van der Waals surface area (Å²) in [5.41, 5.74) is 4.42. The Bertz CT molecular complexity index is 1080. The molecule has 31 heavy (non-hydrogen) atoms. The second kappa shape index (κ2) is 8.83. The van der Waals surface area contributed by atoms with Gasteiger partial charge in [-0.3, -0.25) is 0 Å². The van der Waals surface area contributed by atoms with Crippen molar-refractivity contribution >= 4 is 46.5 Å². The van der Waals surface area contributed by atoms with Gasteiger partial charge in [0.2, 0.25) is 0 Å². The van der Waals surface area contributed by atoms with Crippen molar-refractivity contribution in [1.29, 1.82) is 0 Å². The Balaban J connectivity index is 1.39. The van der Waals surface area contributed by atoms with Crippen molar-refractivity contribution in [3.8, 4) is 0 Å². The molecule has 7 nitrogen and oxygen atoms in total. The van der Waals surface area contributed by atoms with Gasteiger partial charge in [-0.25, -0.2) is 9.97 Å². The number of pyridine rings is 2. The molecule has 2 aliphatic heterocycles. The van der Waals surface area contributed by atoms with Crippen LogP contribution in [0.3, 0.4) is 0 Å². The number of hydrogen-bond acceptors (Lipinski definition) is 7. The van der Waals surface area contributed by atoms with E-state index in [4.69, 9.17) is 21.3 Å². The minimum Gasteiger partial charge on any atom is -0.387 e. The van der Waals surface area contributed by atoms with E-state index < -0.39 is 0 Å². The summed E-state index contributed by atoms with van der Waals surface area (Å²) in [4.78, 5) is 11.5. The maximum atomic E-state index is 5.94. The number of rotatable bonds is 5. The molecule has 0 spiro atoms. The summed E-state index contributed by atoms with van der Waals surface area (Å²) in [5, 5.41) is 10.6. The quantitative estimate of drug-likeness (QED) is 0.544. The molecule has 3 N–H and O–H groups in total. The number of nitrogens with zero attached hydrogens (tertiary/aromatic N) is 3. The van der Waals surface area contributed by atoms with Crippen LogP contribution in [0.4, 0.5) is 28.8 Å². The van der Waals surface area contributed by atoms with Crippen LogP contribution in [0.5, 0.6) is 0 Å². The first-order valence-electron chi connectivity index (χ1n) is 10.3. The van der Waals surface area contributed by atoms with E-state index in [1.807, 2.05) is 24.4 Å². The monoisotopic (exact) mass is 434 g/mol. The Labute approximate surface area is 186 Å². The summed E-state index contributed by atoms with van der Waals surface area (Å²) in [5.74, 6) is 2.22. The van der Waals surface area contributed by atoms with Crippen molar-refractivity contribution in [3.63, 3.8) is 0 Å². The number of hydrogen-bond donors (Lipinski definition) is 3. The molecule has 2 aliphatic rings. The fraction of sp³-hybridized carbons (Fsp3) is 0.217. The van der Waals surface area contributed by atoms with Gasteiger partial charge in [-0.2, -0.15) is 0 Å². The maximum absolute atomic E-state index is 5.94. The van der Waals surface area contributed by atoms with E-state index in [1.54, 1.807) is 12.3 Å². The molecule has 158 valence electrons. The highest BCUT2D eigenvalue weighted by Crippen LogP contribution is 2.29. The van der Waals surface area contributed by atoms with E-state index in [0.717, 1.165) is 48.9 Å². The molecule has 0 amide bonds. The molecule has 0 aliphatic carbocycles. The van der Waals surface area contributed by atoms with Gasteiger partial charge in [-0.1, -0.05) is 11.6 Å².